The van der Waals surface area contributed by atoms with Crippen molar-refractivity contribution in [2.75, 3.05) is 51.2 Å². The zero-order valence-corrected chi connectivity index (χ0v) is 26.9. The summed E-state index contributed by atoms with van der Waals surface area (Å²) in [5.74, 6) is 0.956. The van der Waals surface area contributed by atoms with E-state index in [1.54, 1.807) is 0 Å². The van der Waals surface area contributed by atoms with E-state index in [2.05, 4.69) is 67.7 Å². The first-order valence-electron chi connectivity index (χ1n) is 16.7. The van der Waals surface area contributed by atoms with E-state index < -0.39 is 0 Å². The fourth-order valence-electron chi connectivity index (χ4n) is 7.38. The number of aliphatic hydroxyl groups excluding tert-OH is 1. The molecule has 3 unspecified atom stereocenters. The number of carbonyl (C=O) groups excluding carboxylic acids is 1. The minimum Gasteiger partial charge on any atom is -0.508 e. The Morgan fingerprint density at radius 2 is 1.78 bits per heavy atom. The standard InChI is InChI=1S/C30H46N2O2.C6H13N/c1-5-8-9-12-25(11-6-2)30(4)27-16-15-24(23-33)22-28(27)32-21-20-31(18-7-3)19-17-26(34)13-10-14-29(30)32;1-7-5-3-2-4-6-7/h10,13,15-17,22-23,25,29,34H,5-9,11-12,14,18-21H2,1-4H3;2-6H2,1H3/b13-10-,26-17+;. The van der Waals surface area contributed by atoms with Crippen LogP contribution in [0, 0.1) is 5.92 Å². The van der Waals surface area contributed by atoms with Crippen LogP contribution < -0.4 is 4.90 Å². The summed E-state index contributed by atoms with van der Waals surface area (Å²) in [7, 11) is 2.19. The molecule has 0 amide bonds. The Hall–Kier alpha value is -2.11. The number of allylic oxidation sites excluding steroid dienone is 1. The molecule has 230 valence electrons. The Kier molecular flexibility index (Phi) is 13.9. The molecular weight excluding hydrogens is 506 g/mol. The predicted octanol–water partition coefficient (Wildman–Crippen LogP) is 8.16. The van der Waals surface area contributed by atoms with Crippen molar-refractivity contribution in [2.24, 2.45) is 5.92 Å². The lowest BCUT2D eigenvalue weighted by Crippen LogP contribution is -2.49. The highest BCUT2D eigenvalue weighted by molar-refractivity contribution is 5.80. The van der Waals surface area contributed by atoms with Crippen LogP contribution in [-0.4, -0.2) is 73.6 Å². The number of aldehydes is 1. The summed E-state index contributed by atoms with van der Waals surface area (Å²) < 4.78 is 0. The van der Waals surface area contributed by atoms with E-state index in [-0.39, 0.29) is 5.41 Å². The van der Waals surface area contributed by atoms with Crippen LogP contribution in [0.4, 0.5) is 5.69 Å². The average Bonchev–Trinajstić information content (AvgIpc) is 3.19. The Bertz CT molecular complexity index is 983. The first-order valence-corrected chi connectivity index (χ1v) is 16.7. The third-order valence-corrected chi connectivity index (χ3v) is 9.74. The number of aliphatic hydroxyl groups is 1. The summed E-state index contributed by atoms with van der Waals surface area (Å²) in [6, 6.07) is 6.69. The fraction of sp³-hybridized carbons (Fsp3) is 0.694. The van der Waals surface area contributed by atoms with Crippen LogP contribution in [0.2, 0.25) is 0 Å². The fourth-order valence-corrected chi connectivity index (χ4v) is 7.38. The molecule has 0 aromatic heterocycles. The summed E-state index contributed by atoms with van der Waals surface area (Å²) in [6.45, 7) is 15.6. The number of benzene rings is 1. The van der Waals surface area contributed by atoms with Crippen molar-refractivity contribution < 1.29 is 9.90 Å². The molecule has 0 spiro atoms. The first kappa shape index (κ1) is 33.4. The number of hydrogen-bond donors (Lipinski definition) is 1. The second-order valence-electron chi connectivity index (χ2n) is 12.8. The molecule has 0 aliphatic carbocycles. The smallest absolute Gasteiger partial charge is 0.150 e. The van der Waals surface area contributed by atoms with Gasteiger partial charge < -0.3 is 14.9 Å². The van der Waals surface area contributed by atoms with Gasteiger partial charge in [0.15, 0.2) is 0 Å². The summed E-state index contributed by atoms with van der Waals surface area (Å²) in [4.78, 5) is 19.1. The molecule has 1 aromatic rings. The van der Waals surface area contributed by atoms with Crippen LogP contribution in [0.1, 0.15) is 114 Å². The molecule has 0 radical (unpaired) electrons. The number of rotatable bonds is 10. The van der Waals surface area contributed by atoms with Crippen molar-refractivity contribution >= 4 is 12.0 Å². The maximum Gasteiger partial charge on any atom is 0.150 e. The van der Waals surface area contributed by atoms with Gasteiger partial charge in [-0.05, 0) is 94.9 Å². The number of hydrogen-bond acceptors (Lipinski definition) is 5. The Morgan fingerprint density at radius 3 is 2.41 bits per heavy atom. The lowest BCUT2D eigenvalue weighted by molar-refractivity contribution is 0.112. The minimum absolute atomic E-state index is 0.00775. The van der Waals surface area contributed by atoms with Crippen molar-refractivity contribution in [3.05, 3.63) is 53.3 Å². The van der Waals surface area contributed by atoms with Gasteiger partial charge in [-0.25, -0.2) is 0 Å². The molecule has 5 heteroatoms. The molecule has 0 saturated carbocycles. The normalized spacial score (nSPS) is 26.4. The van der Waals surface area contributed by atoms with Crippen molar-refractivity contribution in [1.82, 2.24) is 9.80 Å². The van der Waals surface area contributed by atoms with Gasteiger partial charge in [0.05, 0.1) is 0 Å². The summed E-state index contributed by atoms with van der Waals surface area (Å²) >= 11 is 0. The molecule has 0 bridgehead atoms. The summed E-state index contributed by atoms with van der Waals surface area (Å²) in [5.41, 5.74) is 3.42. The molecule has 1 aromatic carbocycles. The van der Waals surface area contributed by atoms with Gasteiger partial charge >= 0.3 is 0 Å². The van der Waals surface area contributed by atoms with Gasteiger partial charge in [-0.1, -0.05) is 78.0 Å². The zero-order chi connectivity index (χ0) is 29.7. The van der Waals surface area contributed by atoms with Crippen molar-refractivity contribution in [3.8, 4) is 0 Å². The molecular formula is C36H59N3O2. The van der Waals surface area contributed by atoms with E-state index in [1.807, 2.05) is 18.2 Å². The number of piperidine rings is 1. The molecule has 4 rings (SSSR count). The van der Waals surface area contributed by atoms with Gasteiger partial charge in [0, 0.05) is 42.3 Å². The van der Waals surface area contributed by atoms with Crippen molar-refractivity contribution in [3.63, 3.8) is 0 Å². The lowest BCUT2D eigenvalue weighted by Gasteiger charge is -2.43. The van der Waals surface area contributed by atoms with E-state index in [1.165, 1.54) is 82.1 Å². The first-order chi connectivity index (χ1) is 19.9. The lowest BCUT2D eigenvalue weighted by atomic mass is 9.64. The quantitative estimate of drug-likeness (QED) is 0.229. The Morgan fingerprint density at radius 1 is 1.00 bits per heavy atom. The highest BCUT2D eigenvalue weighted by Crippen LogP contribution is 2.53. The Balaban J connectivity index is 0.000000575. The average molecular weight is 566 g/mol. The topological polar surface area (TPSA) is 47.0 Å². The number of nitrogens with zero attached hydrogens (tertiary/aromatic N) is 3. The number of carbonyl (C=O) groups is 1. The molecule has 3 atom stereocenters. The summed E-state index contributed by atoms with van der Waals surface area (Å²) in [6.07, 6.45) is 20.7. The Labute approximate surface area is 251 Å². The van der Waals surface area contributed by atoms with Crippen LogP contribution >= 0.6 is 0 Å². The van der Waals surface area contributed by atoms with Gasteiger partial charge in [0.2, 0.25) is 0 Å². The van der Waals surface area contributed by atoms with Gasteiger partial charge in [0.25, 0.3) is 0 Å². The van der Waals surface area contributed by atoms with E-state index in [0.29, 0.717) is 17.7 Å². The molecule has 1 fully saturated rings. The van der Waals surface area contributed by atoms with Crippen LogP contribution in [-0.2, 0) is 5.41 Å². The van der Waals surface area contributed by atoms with Gasteiger partial charge in [-0.2, -0.15) is 0 Å². The number of anilines is 1. The van der Waals surface area contributed by atoms with E-state index in [4.69, 9.17) is 0 Å². The van der Waals surface area contributed by atoms with E-state index in [0.717, 1.165) is 50.9 Å². The zero-order valence-electron chi connectivity index (χ0n) is 26.9. The largest absolute Gasteiger partial charge is 0.508 e. The van der Waals surface area contributed by atoms with Gasteiger partial charge in [0.1, 0.15) is 12.0 Å². The minimum atomic E-state index is 0.00775. The SMILES string of the molecule is CCCCCC(CCC)C1(C)c2ccc(C=O)cc2N2CCN(CCC)C/C=C(O)\C=C/CC21.CN1CCCCC1. The van der Waals surface area contributed by atoms with Crippen LogP contribution in [0.5, 0.6) is 0 Å². The third-order valence-electron chi connectivity index (χ3n) is 9.74. The van der Waals surface area contributed by atoms with Crippen LogP contribution in [0.3, 0.4) is 0 Å². The van der Waals surface area contributed by atoms with Crippen LogP contribution in [0.15, 0.2) is 42.2 Å². The van der Waals surface area contributed by atoms with Gasteiger partial charge in [-0.3, -0.25) is 9.69 Å². The molecule has 41 heavy (non-hydrogen) atoms. The molecule has 1 saturated heterocycles. The molecule has 3 heterocycles. The van der Waals surface area contributed by atoms with Gasteiger partial charge in [-0.15, -0.1) is 0 Å². The van der Waals surface area contributed by atoms with E-state index in [9.17, 15) is 9.90 Å². The highest BCUT2D eigenvalue weighted by Gasteiger charge is 2.50. The highest BCUT2D eigenvalue weighted by atomic mass is 16.3. The second-order valence-corrected chi connectivity index (χ2v) is 12.8. The number of unbranched alkanes of at least 4 members (excludes halogenated alkanes) is 2. The summed E-state index contributed by atoms with van der Waals surface area (Å²) in [5, 5.41) is 10.5. The van der Waals surface area contributed by atoms with Crippen molar-refractivity contribution in [2.45, 2.75) is 110 Å². The number of fused-ring (bicyclic) bond motifs is 3. The van der Waals surface area contributed by atoms with Crippen molar-refractivity contribution in [1.29, 1.82) is 0 Å². The number of likely N-dealkylation sites (tertiary alicyclic amines) is 1. The van der Waals surface area contributed by atoms with E-state index >= 15 is 0 Å². The second kappa shape index (κ2) is 17.1. The monoisotopic (exact) mass is 565 g/mol. The molecule has 3 aliphatic rings. The molecule has 5 nitrogen and oxygen atoms in total. The maximum atomic E-state index is 11.7. The van der Waals surface area contributed by atoms with Crippen LogP contribution in [0.25, 0.3) is 0 Å². The maximum absolute atomic E-state index is 11.7. The molecule has 3 aliphatic heterocycles. The predicted molar refractivity (Wildman–Crippen MR) is 175 cm³/mol. The molecule has 1 N–H and O–H groups in total. The third kappa shape index (κ3) is 8.94.